The second-order valence-electron chi connectivity index (χ2n) is 3.28. The molecular formula is C7H13F2N. The topological polar surface area (TPSA) is 12.0 Å². The Morgan fingerprint density at radius 1 is 1.50 bits per heavy atom. The largest absolute Gasteiger partial charge is 0.314 e. The molecule has 1 aliphatic carbocycles. The molecule has 0 aromatic rings. The van der Waals surface area contributed by atoms with Crippen molar-refractivity contribution in [2.75, 3.05) is 7.05 Å². The molecule has 1 saturated carbocycles. The van der Waals surface area contributed by atoms with Crippen LogP contribution in [0.4, 0.5) is 8.78 Å². The van der Waals surface area contributed by atoms with Crippen molar-refractivity contribution in [2.24, 2.45) is 0 Å². The van der Waals surface area contributed by atoms with Gasteiger partial charge >= 0.3 is 0 Å². The molecule has 0 atom stereocenters. The van der Waals surface area contributed by atoms with Gasteiger partial charge in [0.15, 0.2) is 0 Å². The monoisotopic (exact) mass is 149 g/mol. The Kier molecular flexibility index (Phi) is 1.71. The first kappa shape index (κ1) is 7.92. The van der Waals surface area contributed by atoms with Crippen molar-refractivity contribution < 1.29 is 8.78 Å². The van der Waals surface area contributed by atoms with Gasteiger partial charge in [-0.2, -0.15) is 0 Å². The van der Waals surface area contributed by atoms with Crippen LogP contribution in [0.15, 0.2) is 0 Å². The number of hydrogen-bond acceptors (Lipinski definition) is 1. The minimum absolute atomic E-state index is 0.0174. The molecule has 1 aliphatic rings. The second-order valence-corrected chi connectivity index (χ2v) is 3.28. The molecule has 1 fully saturated rings. The molecule has 3 heteroatoms. The van der Waals surface area contributed by atoms with E-state index in [1.54, 1.807) is 7.05 Å². The van der Waals surface area contributed by atoms with E-state index in [1.807, 2.05) is 0 Å². The Morgan fingerprint density at radius 3 is 2.10 bits per heavy atom. The number of alkyl halides is 2. The summed E-state index contributed by atoms with van der Waals surface area (Å²) < 4.78 is 24.8. The van der Waals surface area contributed by atoms with Gasteiger partial charge in [-0.3, -0.25) is 0 Å². The maximum absolute atomic E-state index is 12.4. The van der Waals surface area contributed by atoms with E-state index in [0.29, 0.717) is 0 Å². The lowest BCUT2D eigenvalue weighted by atomic mass is 10.1. The van der Waals surface area contributed by atoms with E-state index in [0.717, 1.165) is 19.8 Å². The van der Waals surface area contributed by atoms with Gasteiger partial charge in [0.1, 0.15) is 0 Å². The molecule has 60 valence electrons. The first-order valence-corrected chi connectivity index (χ1v) is 3.54. The molecule has 0 amide bonds. The minimum Gasteiger partial charge on any atom is -0.314 e. The molecule has 1 nitrogen and oxygen atoms in total. The third kappa shape index (κ3) is 1.90. The van der Waals surface area contributed by atoms with E-state index in [1.165, 1.54) is 0 Å². The standard InChI is InChI=1S/C7H13F2N/c1-6(8,9)5-7(10-2)3-4-7/h10H,3-5H2,1-2H3. The van der Waals surface area contributed by atoms with Crippen LogP contribution in [0.2, 0.25) is 0 Å². The number of nitrogens with one attached hydrogen (secondary N) is 1. The van der Waals surface area contributed by atoms with Crippen LogP contribution in [0.5, 0.6) is 0 Å². The summed E-state index contributed by atoms with van der Waals surface area (Å²) in [6.07, 6.45) is 1.77. The van der Waals surface area contributed by atoms with Crippen molar-refractivity contribution in [3.63, 3.8) is 0 Å². The SMILES string of the molecule is CNC1(CC(C)(F)F)CC1. The highest BCUT2D eigenvalue weighted by Crippen LogP contribution is 2.43. The first-order chi connectivity index (χ1) is 4.47. The van der Waals surface area contributed by atoms with E-state index in [4.69, 9.17) is 0 Å². The molecule has 1 N–H and O–H groups in total. The van der Waals surface area contributed by atoms with E-state index < -0.39 is 5.92 Å². The summed E-state index contributed by atoms with van der Waals surface area (Å²) in [5.74, 6) is -2.51. The quantitative estimate of drug-likeness (QED) is 0.645. The summed E-state index contributed by atoms with van der Waals surface area (Å²) in [4.78, 5) is 0. The van der Waals surface area contributed by atoms with Gasteiger partial charge in [-0.25, -0.2) is 8.78 Å². The first-order valence-electron chi connectivity index (χ1n) is 3.54. The lowest BCUT2D eigenvalue weighted by molar-refractivity contribution is 0.000161. The van der Waals surface area contributed by atoms with Crippen LogP contribution < -0.4 is 5.32 Å². The Morgan fingerprint density at radius 2 is 2.00 bits per heavy atom. The average molecular weight is 149 g/mol. The van der Waals surface area contributed by atoms with Crippen LogP contribution in [0.3, 0.4) is 0 Å². The van der Waals surface area contributed by atoms with Crippen LogP contribution >= 0.6 is 0 Å². The Labute approximate surface area is 59.8 Å². The van der Waals surface area contributed by atoms with Crippen LogP contribution in [0.1, 0.15) is 26.2 Å². The van der Waals surface area contributed by atoms with E-state index in [2.05, 4.69) is 5.32 Å². The summed E-state index contributed by atoms with van der Waals surface area (Å²) in [5, 5.41) is 2.93. The van der Waals surface area contributed by atoms with Gasteiger partial charge in [0.05, 0.1) is 0 Å². The van der Waals surface area contributed by atoms with Gasteiger partial charge in [0.25, 0.3) is 0 Å². The Balaban J connectivity index is 2.38. The third-order valence-corrected chi connectivity index (χ3v) is 2.03. The molecule has 0 spiro atoms. The minimum atomic E-state index is -2.51. The molecular weight excluding hydrogens is 136 g/mol. The van der Waals surface area contributed by atoms with Crippen molar-refractivity contribution in [2.45, 2.75) is 37.6 Å². The molecule has 0 aliphatic heterocycles. The fourth-order valence-corrected chi connectivity index (χ4v) is 1.26. The highest BCUT2D eigenvalue weighted by atomic mass is 19.3. The van der Waals surface area contributed by atoms with E-state index >= 15 is 0 Å². The lowest BCUT2D eigenvalue weighted by Gasteiger charge is -2.18. The van der Waals surface area contributed by atoms with Crippen molar-refractivity contribution >= 4 is 0 Å². The smallest absolute Gasteiger partial charge is 0.247 e. The summed E-state index contributed by atoms with van der Waals surface area (Å²) in [6, 6.07) is 0. The third-order valence-electron chi connectivity index (χ3n) is 2.03. The Bertz CT molecular complexity index is 124. The predicted octanol–water partition coefficient (Wildman–Crippen LogP) is 1.78. The number of hydrogen-bond donors (Lipinski definition) is 1. The van der Waals surface area contributed by atoms with Gasteiger partial charge in [-0.15, -0.1) is 0 Å². The summed E-state index contributed by atoms with van der Waals surface area (Å²) >= 11 is 0. The van der Waals surface area contributed by atoms with Crippen LogP contribution in [-0.2, 0) is 0 Å². The zero-order valence-electron chi connectivity index (χ0n) is 6.38. The molecule has 0 saturated heterocycles. The average Bonchev–Trinajstić information content (AvgIpc) is 2.45. The molecule has 0 aromatic heterocycles. The molecule has 0 unspecified atom stereocenters. The fourth-order valence-electron chi connectivity index (χ4n) is 1.26. The maximum atomic E-state index is 12.4. The molecule has 10 heavy (non-hydrogen) atoms. The maximum Gasteiger partial charge on any atom is 0.247 e. The van der Waals surface area contributed by atoms with Crippen molar-refractivity contribution in [1.82, 2.24) is 5.32 Å². The van der Waals surface area contributed by atoms with Gasteiger partial charge in [0, 0.05) is 12.0 Å². The zero-order chi connectivity index (χ0) is 7.83. The highest BCUT2D eigenvalue weighted by Gasteiger charge is 2.46. The molecule has 0 heterocycles. The zero-order valence-corrected chi connectivity index (χ0v) is 6.38. The lowest BCUT2D eigenvalue weighted by Crippen LogP contribution is -2.33. The van der Waals surface area contributed by atoms with E-state index in [9.17, 15) is 8.78 Å². The second kappa shape index (κ2) is 2.16. The van der Waals surface area contributed by atoms with Crippen LogP contribution in [0, 0.1) is 0 Å². The van der Waals surface area contributed by atoms with Gasteiger partial charge < -0.3 is 5.32 Å². The summed E-state index contributed by atoms with van der Waals surface area (Å²) in [5.41, 5.74) is -0.224. The van der Waals surface area contributed by atoms with Crippen molar-refractivity contribution in [1.29, 1.82) is 0 Å². The van der Waals surface area contributed by atoms with E-state index in [-0.39, 0.29) is 12.0 Å². The van der Waals surface area contributed by atoms with Crippen LogP contribution in [0.25, 0.3) is 0 Å². The van der Waals surface area contributed by atoms with Crippen molar-refractivity contribution in [3.05, 3.63) is 0 Å². The predicted molar refractivity (Wildman–Crippen MR) is 36.3 cm³/mol. The van der Waals surface area contributed by atoms with Crippen LogP contribution in [-0.4, -0.2) is 18.5 Å². The van der Waals surface area contributed by atoms with Gasteiger partial charge in [-0.05, 0) is 26.8 Å². The molecule has 0 radical (unpaired) electrons. The molecule has 0 bridgehead atoms. The summed E-state index contributed by atoms with van der Waals surface area (Å²) in [6.45, 7) is 0.977. The van der Waals surface area contributed by atoms with Crippen molar-refractivity contribution in [3.8, 4) is 0 Å². The number of halogens is 2. The highest BCUT2D eigenvalue weighted by molar-refractivity contribution is 5.02. The normalized spacial score (nSPS) is 22.8. The summed E-state index contributed by atoms with van der Waals surface area (Å²) in [7, 11) is 1.75. The fraction of sp³-hybridized carbons (Fsp3) is 1.00. The Hall–Kier alpha value is -0.180. The van der Waals surface area contributed by atoms with Gasteiger partial charge in [0.2, 0.25) is 5.92 Å². The molecule has 0 aromatic carbocycles. The molecule has 1 rings (SSSR count). The van der Waals surface area contributed by atoms with Gasteiger partial charge in [-0.1, -0.05) is 0 Å². The number of rotatable bonds is 3.